The zero-order valence-electron chi connectivity index (χ0n) is 9.05. The highest BCUT2D eigenvalue weighted by molar-refractivity contribution is 5.93. The topological polar surface area (TPSA) is 119 Å². The van der Waals surface area contributed by atoms with Gasteiger partial charge in [-0.05, 0) is 6.07 Å². The number of nitrogen functional groups attached to an aromatic ring is 2. The van der Waals surface area contributed by atoms with E-state index < -0.39 is 5.82 Å². The van der Waals surface area contributed by atoms with E-state index in [0.29, 0.717) is 22.3 Å². The lowest BCUT2D eigenvalue weighted by Gasteiger charge is -2.02. The molecule has 3 aromatic heterocycles. The summed E-state index contributed by atoms with van der Waals surface area (Å²) in [5.74, 6) is -0.193. The van der Waals surface area contributed by atoms with Gasteiger partial charge < -0.3 is 11.5 Å². The average molecular weight is 245 g/mol. The molecule has 0 radical (unpaired) electrons. The number of aromatic amines is 1. The van der Waals surface area contributed by atoms with Crippen LogP contribution < -0.4 is 11.5 Å². The third kappa shape index (κ3) is 1.51. The molecule has 0 unspecified atom stereocenters. The van der Waals surface area contributed by atoms with Crippen molar-refractivity contribution in [3.8, 4) is 11.3 Å². The Morgan fingerprint density at radius 3 is 2.78 bits per heavy atom. The first-order chi connectivity index (χ1) is 8.65. The van der Waals surface area contributed by atoms with Crippen LogP contribution in [0.1, 0.15) is 0 Å². The lowest BCUT2D eigenvalue weighted by Crippen LogP contribution is -2.01. The largest absolute Gasteiger partial charge is 0.383 e. The Labute approximate surface area is 100 Å². The first-order valence-electron chi connectivity index (χ1n) is 5.03. The maximum absolute atomic E-state index is 13.2. The third-order valence-electron chi connectivity index (χ3n) is 2.48. The molecule has 3 aromatic rings. The van der Waals surface area contributed by atoms with Gasteiger partial charge in [-0.25, -0.2) is 14.4 Å². The van der Waals surface area contributed by atoms with Crippen LogP contribution in [0.15, 0.2) is 18.5 Å². The molecule has 0 fully saturated rings. The summed E-state index contributed by atoms with van der Waals surface area (Å²) >= 11 is 0. The number of hydrogen-bond acceptors (Lipinski definition) is 6. The minimum Gasteiger partial charge on any atom is -0.383 e. The quantitative estimate of drug-likeness (QED) is 0.581. The Kier molecular flexibility index (Phi) is 2.09. The van der Waals surface area contributed by atoms with Gasteiger partial charge in [0, 0.05) is 11.6 Å². The van der Waals surface area contributed by atoms with Crippen LogP contribution in [-0.4, -0.2) is 25.1 Å². The zero-order valence-corrected chi connectivity index (χ0v) is 9.05. The van der Waals surface area contributed by atoms with Crippen LogP contribution in [0.4, 0.5) is 16.2 Å². The fraction of sp³-hybridized carbons (Fsp3) is 0. The van der Waals surface area contributed by atoms with Crippen molar-refractivity contribution < 1.29 is 4.39 Å². The van der Waals surface area contributed by atoms with E-state index in [1.54, 1.807) is 0 Å². The molecule has 0 spiro atoms. The van der Waals surface area contributed by atoms with Crippen molar-refractivity contribution in [3.05, 3.63) is 24.3 Å². The van der Waals surface area contributed by atoms with Crippen molar-refractivity contribution >= 4 is 22.8 Å². The van der Waals surface area contributed by atoms with E-state index in [1.807, 2.05) is 0 Å². The molecule has 0 atom stereocenters. The van der Waals surface area contributed by atoms with Crippen LogP contribution >= 0.6 is 0 Å². The van der Waals surface area contributed by atoms with Crippen molar-refractivity contribution in [2.75, 3.05) is 11.5 Å². The summed E-state index contributed by atoms with van der Waals surface area (Å²) in [5.41, 5.74) is 12.6. The number of nitrogens with zero attached hydrogens (tertiary/aromatic N) is 4. The number of aromatic nitrogens is 5. The van der Waals surface area contributed by atoms with E-state index in [4.69, 9.17) is 11.5 Å². The summed E-state index contributed by atoms with van der Waals surface area (Å²) < 4.78 is 13.2. The molecule has 7 nitrogen and oxygen atoms in total. The standard InChI is InChI=1S/C10H8FN7/c11-4-1-5-7(17-18-9(5)14-2-4)6-3-15-10(13)16-8(6)12/h1-3H,(H,14,17,18)(H4,12,13,15,16). The van der Waals surface area contributed by atoms with Crippen LogP contribution in [0.2, 0.25) is 0 Å². The van der Waals surface area contributed by atoms with E-state index in [-0.39, 0.29) is 11.8 Å². The normalized spacial score (nSPS) is 10.9. The minimum atomic E-state index is -0.458. The number of fused-ring (bicyclic) bond motifs is 1. The molecule has 3 rings (SSSR count). The predicted molar refractivity (Wildman–Crippen MR) is 63.7 cm³/mol. The average Bonchev–Trinajstić information content (AvgIpc) is 2.72. The summed E-state index contributed by atoms with van der Waals surface area (Å²) in [6.07, 6.45) is 2.55. The number of rotatable bonds is 1. The van der Waals surface area contributed by atoms with Gasteiger partial charge in [0.15, 0.2) is 5.65 Å². The van der Waals surface area contributed by atoms with Gasteiger partial charge >= 0.3 is 0 Å². The van der Waals surface area contributed by atoms with E-state index in [2.05, 4.69) is 25.1 Å². The van der Waals surface area contributed by atoms with Crippen molar-refractivity contribution in [2.24, 2.45) is 0 Å². The number of hydrogen-bond donors (Lipinski definition) is 3. The Morgan fingerprint density at radius 1 is 1.17 bits per heavy atom. The minimum absolute atomic E-state index is 0.0735. The Balaban J connectivity index is 2.28. The third-order valence-corrected chi connectivity index (χ3v) is 2.48. The monoisotopic (exact) mass is 245 g/mol. The number of anilines is 2. The highest BCUT2D eigenvalue weighted by Gasteiger charge is 2.13. The molecule has 0 bridgehead atoms. The summed E-state index contributed by atoms with van der Waals surface area (Å²) in [6.45, 7) is 0. The van der Waals surface area contributed by atoms with Crippen LogP contribution in [0, 0.1) is 5.82 Å². The number of H-pyrrole nitrogens is 1. The van der Waals surface area contributed by atoms with Gasteiger partial charge in [0.2, 0.25) is 5.95 Å². The van der Waals surface area contributed by atoms with Crippen LogP contribution in [0.3, 0.4) is 0 Å². The lowest BCUT2D eigenvalue weighted by atomic mass is 10.1. The van der Waals surface area contributed by atoms with E-state index >= 15 is 0 Å². The second-order valence-corrected chi connectivity index (χ2v) is 3.65. The van der Waals surface area contributed by atoms with Crippen molar-refractivity contribution in [1.82, 2.24) is 25.1 Å². The van der Waals surface area contributed by atoms with Crippen LogP contribution in [-0.2, 0) is 0 Å². The molecule has 0 aliphatic rings. The smallest absolute Gasteiger partial charge is 0.221 e. The van der Waals surface area contributed by atoms with Crippen molar-refractivity contribution in [3.63, 3.8) is 0 Å². The van der Waals surface area contributed by atoms with Crippen LogP contribution in [0.5, 0.6) is 0 Å². The van der Waals surface area contributed by atoms with Crippen LogP contribution in [0.25, 0.3) is 22.3 Å². The Morgan fingerprint density at radius 2 is 2.00 bits per heavy atom. The highest BCUT2D eigenvalue weighted by Crippen LogP contribution is 2.28. The summed E-state index contributed by atoms with van der Waals surface area (Å²) in [4.78, 5) is 11.5. The fourth-order valence-electron chi connectivity index (χ4n) is 1.68. The molecule has 0 saturated carbocycles. The fourth-order valence-corrected chi connectivity index (χ4v) is 1.68. The molecule has 90 valence electrons. The molecule has 3 heterocycles. The van der Waals surface area contributed by atoms with Gasteiger partial charge in [0.1, 0.15) is 11.6 Å². The molecule has 0 aromatic carbocycles. The molecular weight excluding hydrogens is 237 g/mol. The SMILES string of the molecule is Nc1ncc(-c2[nH]nc3ncc(F)cc23)c(N)n1. The molecule has 0 amide bonds. The number of halogens is 1. The Hall–Kier alpha value is -2.77. The molecular formula is C10H8FN7. The maximum Gasteiger partial charge on any atom is 0.221 e. The molecule has 0 aliphatic heterocycles. The van der Waals surface area contributed by atoms with Gasteiger partial charge in [0.05, 0.1) is 17.5 Å². The number of nitrogens with two attached hydrogens (primary N) is 2. The van der Waals surface area contributed by atoms with Gasteiger partial charge in [-0.15, -0.1) is 0 Å². The second kappa shape index (κ2) is 3.62. The van der Waals surface area contributed by atoms with E-state index in [9.17, 15) is 4.39 Å². The molecule has 5 N–H and O–H groups in total. The van der Waals surface area contributed by atoms with Gasteiger partial charge in [-0.1, -0.05) is 0 Å². The highest BCUT2D eigenvalue weighted by atomic mass is 19.1. The summed E-state index contributed by atoms with van der Waals surface area (Å²) in [7, 11) is 0. The molecule has 0 saturated heterocycles. The molecule has 0 aliphatic carbocycles. The van der Waals surface area contributed by atoms with Gasteiger partial charge in [-0.3, -0.25) is 5.10 Å². The predicted octanol–water partition coefficient (Wildman–Crippen LogP) is 0.718. The summed E-state index contributed by atoms with van der Waals surface area (Å²) in [6, 6.07) is 1.32. The number of nitrogens with one attached hydrogen (secondary N) is 1. The first kappa shape index (κ1) is 10.4. The maximum atomic E-state index is 13.2. The number of pyridine rings is 1. The van der Waals surface area contributed by atoms with Gasteiger partial charge in [-0.2, -0.15) is 10.1 Å². The van der Waals surface area contributed by atoms with E-state index in [1.165, 1.54) is 12.3 Å². The summed E-state index contributed by atoms with van der Waals surface area (Å²) in [5, 5.41) is 7.20. The second-order valence-electron chi connectivity index (χ2n) is 3.65. The molecule has 8 heteroatoms. The zero-order chi connectivity index (χ0) is 12.7. The van der Waals surface area contributed by atoms with E-state index in [0.717, 1.165) is 6.20 Å². The van der Waals surface area contributed by atoms with Crippen molar-refractivity contribution in [1.29, 1.82) is 0 Å². The molecule has 18 heavy (non-hydrogen) atoms. The van der Waals surface area contributed by atoms with Gasteiger partial charge in [0.25, 0.3) is 0 Å². The Bertz CT molecular complexity index is 736. The van der Waals surface area contributed by atoms with Crippen molar-refractivity contribution in [2.45, 2.75) is 0 Å². The lowest BCUT2D eigenvalue weighted by molar-refractivity contribution is 0.624. The first-order valence-corrected chi connectivity index (χ1v) is 5.03.